The lowest BCUT2D eigenvalue weighted by Crippen LogP contribution is -2.41. The van der Waals surface area contributed by atoms with Crippen LogP contribution in [0.2, 0.25) is 0 Å². The van der Waals surface area contributed by atoms with Gasteiger partial charge in [-0.05, 0) is 37.5 Å². The molecule has 3 nitrogen and oxygen atoms in total. The number of halogens is 1. The number of rotatable bonds is 2. The number of nitrogens with two attached hydrogens (primary N) is 1. The van der Waals surface area contributed by atoms with E-state index in [0.29, 0.717) is 17.3 Å². The first-order valence-electron chi connectivity index (χ1n) is 5.42. The van der Waals surface area contributed by atoms with Gasteiger partial charge in [-0.3, -0.25) is 4.79 Å². The Morgan fingerprint density at radius 3 is 2.69 bits per heavy atom. The summed E-state index contributed by atoms with van der Waals surface area (Å²) >= 11 is 3.33. The van der Waals surface area contributed by atoms with Crippen molar-refractivity contribution in [1.82, 2.24) is 4.90 Å². The summed E-state index contributed by atoms with van der Waals surface area (Å²) in [4.78, 5) is 14.0. The zero-order chi connectivity index (χ0) is 11.7. The number of hydrogen-bond donors (Lipinski definition) is 1. The van der Waals surface area contributed by atoms with E-state index in [1.165, 1.54) is 6.42 Å². The minimum Gasteiger partial charge on any atom is -0.398 e. The van der Waals surface area contributed by atoms with Crippen LogP contribution in [0.15, 0.2) is 22.7 Å². The molecule has 0 aliphatic heterocycles. The minimum absolute atomic E-state index is 0.0229. The molecule has 0 heterocycles. The van der Waals surface area contributed by atoms with Gasteiger partial charge >= 0.3 is 0 Å². The number of carbonyl (C=O) groups excluding carboxylic acids is 1. The molecule has 2 rings (SSSR count). The molecule has 1 aromatic rings. The fourth-order valence-electron chi connectivity index (χ4n) is 1.86. The van der Waals surface area contributed by atoms with Crippen LogP contribution >= 0.6 is 15.9 Å². The van der Waals surface area contributed by atoms with Crippen molar-refractivity contribution < 1.29 is 4.79 Å². The molecule has 4 heteroatoms. The summed E-state index contributed by atoms with van der Waals surface area (Å²) in [7, 11) is 1.85. The first-order chi connectivity index (χ1) is 7.59. The second kappa shape index (κ2) is 4.45. The molecule has 1 saturated carbocycles. The summed E-state index contributed by atoms with van der Waals surface area (Å²) in [6, 6.07) is 5.78. The lowest BCUT2D eigenvalue weighted by atomic mass is 9.91. The van der Waals surface area contributed by atoms with E-state index in [1.807, 2.05) is 18.0 Å². The highest BCUT2D eigenvalue weighted by Crippen LogP contribution is 2.26. The molecule has 1 aliphatic carbocycles. The Labute approximate surface area is 104 Å². The third kappa shape index (κ3) is 2.07. The Morgan fingerprint density at radius 1 is 1.50 bits per heavy atom. The molecule has 0 atom stereocenters. The molecule has 0 aromatic heterocycles. The predicted octanol–water partition coefficient (Wildman–Crippen LogP) is 2.66. The largest absolute Gasteiger partial charge is 0.398 e. The lowest BCUT2D eigenvalue weighted by Gasteiger charge is -2.35. The maximum absolute atomic E-state index is 12.1. The zero-order valence-electron chi connectivity index (χ0n) is 9.24. The number of hydrogen-bond acceptors (Lipinski definition) is 2. The summed E-state index contributed by atoms with van der Waals surface area (Å²) in [5, 5.41) is 0. The standard InChI is InChI=1S/C12H15BrN2O/c1-15(9-3-2-4-9)12(16)10-6-5-8(13)7-11(10)14/h5-7,9H,2-4,14H2,1H3. The number of nitrogens with zero attached hydrogens (tertiary/aromatic N) is 1. The summed E-state index contributed by atoms with van der Waals surface area (Å²) < 4.78 is 0.896. The minimum atomic E-state index is 0.0229. The molecule has 1 aromatic carbocycles. The highest BCUT2D eigenvalue weighted by atomic mass is 79.9. The topological polar surface area (TPSA) is 46.3 Å². The quantitative estimate of drug-likeness (QED) is 0.848. The second-order valence-electron chi connectivity index (χ2n) is 4.23. The van der Waals surface area contributed by atoms with E-state index >= 15 is 0 Å². The molecule has 0 spiro atoms. The third-order valence-electron chi connectivity index (χ3n) is 3.19. The smallest absolute Gasteiger partial charge is 0.255 e. The van der Waals surface area contributed by atoms with Gasteiger partial charge in [-0.25, -0.2) is 0 Å². The van der Waals surface area contributed by atoms with Gasteiger partial charge in [0.2, 0.25) is 0 Å². The van der Waals surface area contributed by atoms with Gasteiger partial charge in [0, 0.05) is 23.2 Å². The fraction of sp³-hybridized carbons (Fsp3) is 0.417. The van der Waals surface area contributed by atoms with Gasteiger partial charge in [-0.2, -0.15) is 0 Å². The highest BCUT2D eigenvalue weighted by Gasteiger charge is 2.27. The molecule has 1 aliphatic rings. The van der Waals surface area contributed by atoms with Crippen LogP contribution in [0.25, 0.3) is 0 Å². The third-order valence-corrected chi connectivity index (χ3v) is 3.68. The summed E-state index contributed by atoms with van der Waals surface area (Å²) in [5.74, 6) is 0.0229. The van der Waals surface area contributed by atoms with Gasteiger partial charge in [0.1, 0.15) is 0 Å². The average molecular weight is 283 g/mol. The first-order valence-corrected chi connectivity index (χ1v) is 6.21. The van der Waals surface area contributed by atoms with Crippen LogP contribution in [-0.4, -0.2) is 23.9 Å². The van der Waals surface area contributed by atoms with E-state index in [9.17, 15) is 4.79 Å². The van der Waals surface area contributed by atoms with Gasteiger partial charge in [0.05, 0.1) is 5.56 Å². The van der Waals surface area contributed by atoms with E-state index in [1.54, 1.807) is 12.1 Å². The number of nitrogen functional groups attached to an aromatic ring is 1. The van der Waals surface area contributed by atoms with Crippen molar-refractivity contribution in [3.8, 4) is 0 Å². The van der Waals surface area contributed by atoms with E-state index in [-0.39, 0.29) is 5.91 Å². The summed E-state index contributed by atoms with van der Waals surface area (Å²) in [6.45, 7) is 0. The van der Waals surface area contributed by atoms with Crippen molar-refractivity contribution in [2.75, 3.05) is 12.8 Å². The molecule has 1 fully saturated rings. The van der Waals surface area contributed by atoms with Gasteiger partial charge in [0.15, 0.2) is 0 Å². The first kappa shape index (κ1) is 11.5. The van der Waals surface area contributed by atoms with Crippen molar-refractivity contribution in [2.24, 2.45) is 0 Å². The number of amides is 1. The maximum atomic E-state index is 12.1. The summed E-state index contributed by atoms with van der Waals surface area (Å²) in [5.41, 5.74) is 6.97. The predicted molar refractivity (Wildman–Crippen MR) is 68.3 cm³/mol. The highest BCUT2D eigenvalue weighted by molar-refractivity contribution is 9.10. The Kier molecular flexibility index (Phi) is 3.19. The molecule has 2 N–H and O–H groups in total. The Hall–Kier alpha value is -1.03. The average Bonchev–Trinajstić information content (AvgIpc) is 2.14. The van der Waals surface area contributed by atoms with Gasteiger partial charge in [-0.15, -0.1) is 0 Å². The Balaban J connectivity index is 2.19. The number of carbonyl (C=O) groups is 1. The molecular formula is C12H15BrN2O. The van der Waals surface area contributed by atoms with Crippen LogP contribution in [0.4, 0.5) is 5.69 Å². The normalized spacial score (nSPS) is 15.6. The number of anilines is 1. The number of benzene rings is 1. The molecule has 86 valence electrons. The van der Waals surface area contributed by atoms with Gasteiger partial charge < -0.3 is 10.6 Å². The van der Waals surface area contributed by atoms with Crippen LogP contribution < -0.4 is 5.73 Å². The molecule has 16 heavy (non-hydrogen) atoms. The Bertz CT molecular complexity index is 415. The molecular weight excluding hydrogens is 268 g/mol. The Morgan fingerprint density at radius 2 is 2.19 bits per heavy atom. The van der Waals surface area contributed by atoms with Crippen LogP contribution in [-0.2, 0) is 0 Å². The van der Waals surface area contributed by atoms with E-state index in [4.69, 9.17) is 5.73 Å². The molecule has 0 radical (unpaired) electrons. The van der Waals surface area contributed by atoms with Crippen LogP contribution in [0, 0.1) is 0 Å². The molecule has 1 amide bonds. The monoisotopic (exact) mass is 282 g/mol. The van der Waals surface area contributed by atoms with Gasteiger partial charge in [-0.1, -0.05) is 15.9 Å². The van der Waals surface area contributed by atoms with E-state index in [0.717, 1.165) is 17.3 Å². The van der Waals surface area contributed by atoms with Crippen LogP contribution in [0.3, 0.4) is 0 Å². The fourth-order valence-corrected chi connectivity index (χ4v) is 2.24. The molecule has 0 bridgehead atoms. The zero-order valence-corrected chi connectivity index (χ0v) is 10.8. The molecule has 0 unspecified atom stereocenters. The van der Waals surface area contributed by atoms with Crippen LogP contribution in [0.1, 0.15) is 29.6 Å². The van der Waals surface area contributed by atoms with Gasteiger partial charge in [0.25, 0.3) is 5.91 Å². The van der Waals surface area contributed by atoms with Crippen molar-refractivity contribution in [1.29, 1.82) is 0 Å². The van der Waals surface area contributed by atoms with E-state index in [2.05, 4.69) is 15.9 Å². The molecule has 0 saturated heterocycles. The lowest BCUT2D eigenvalue weighted by molar-refractivity contribution is 0.0653. The van der Waals surface area contributed by atoms with Crippen molar-refractivity contribution in [3.63, 3.8) is 0 Å². The van der Waals surface area contributed by atoms with Crippen LogP contribution in [0.5, 0.6) is 0 Å². The summed E-state index contributed by atoms with van der Waals surface area (Å²) in [6.07, 6.45) is 3.44. The van der Waals surface area contributed by atoms with Crippen molar-refractivity contribution >= 4 is 27.5 Å². The SMILES string of the molecule is CN(C(=O)c1ccc(Br)cc1N)C1CCC1. The van der Waals surface area contributed by atoms with E-state index < -0.39 is 0 Å². The second-order valence-corrected chi connectivity index (χ2v) is 5.15. The maximum Gasteiger partial charge on any atom is 0.255 e. The van der Waals surface area contributed by atoms with Crippen molar-refractivity contribution in [2.45, 2.75) is 25.3 Å². The van der Waals surface area contributed by atoms with Crippen molar-refractivity contribution in [3.05, 3.63) is 28.2 Å².